The first kappa shape index (κ1) is 15.8. The summed E-state index contributed by atoms with van der Waals surface area (Å²) in [5.41, 5.74) is 4.19. The number of nitrogens with one attached hydrogen (secondary N) is 2. The molecular weight excluding hydrogens is 338 g/mol. The molecule has 1 aromatic rings. The Hall–Kier alpha value is -0.560. The quantitative estimate of drug-likeness (QED) is 0.778. The lowest BCUT2D eigenvalue weighted by atomic mass is 10.2. The molecule has 2 rings (SSSR count). The van der Waals surface area contributed by atoms with Crippen molar-refractivity contribution in [3.63, 3.8) is 0 Å². The maximum Gasteiger partial charge on any atom is 0.244 e. The van der Waals surface area contributed by atoms with Crippen LogP contribution in [0.4, 0.5) is 0 Å². The number of carbonyl (C=O) groups is 1. The minimum absolute atomic E-state index is 0.0804. The van der Waals surface area contributed by atoms with Crippen LogP contribution in [0.2, 0.25) is 0 Å². The minimum atomic E-state index is 0.0804. The Morgan fingerprint density at radius 1 is 1.45 bits per heavy atom. The second kappa shape index (κ2) is 7.45. The van der Waals surface area contributed by atoms with Crippen molar-refractivity contribution >= 4 is 33.6 Å². The number of thioether (sulfide) groups is 1. The Kier molecular flexibility index (Phi) is 5.89. The first-order valence-electron chi connectivity index (χ1n) is 6.79. The van der Waals surface area contributed by atoms with Gasteiger partial charge < -0.3 is 4.90 Å². The number of halogens is 1. The normalized spacial score (nSPS) is 17.1. The standard InChI is InChI=1S/C14H20BrN3OS/c1-11-9-12(15)3-4-13(11)20-10-14(19)16-18-7-5-17(2)6-8-18/h3-4,9H,5-8,10H2,1-2H3,(H,16,19)/p+1. The molecule has 0 radical (unpaired) electrons. The number of rotatable bonds is 4. The molecule has 1 fully saturated rings. The summed E-state index contributed by atoms with van der Waals surface area (Å²) in [6.45, 7) is 6.09. The van der Waals surface area contributed by atoms with Crippen LogP contribution in [0.25, 0.3) is 0 Å². The average molecular weight is 359 g/mol. The number of hydrogen-bond donors (Lipinski definition) is 2. The molecule has 1 aliphatic rings. The highest BCUT2D eigenvalue weighted by Gasteiger charge is 2.18. The van der Waals surface area contributed by atoms with Gasteiger partial charge in [0, 0.05) is 9.37 Å². The number of amides is 1. The molecule has 0 bridgehead atoms. The van der Waals surface area contributed by atoms with Crippen LogP contribution in [0.15, 0.2) is 27.6 Å². The maximum atomic E-state index is 12.0. The van der Waals surface area contributed by atoms with Crippen LogP contribution in [-0.2, 0) is 4.79 Å². The van der Waals surface area contributed by atoms with Crippen molar-refractivity contribution in [2.24, 2.45) is 0 Å². The van der Waals surface area contributed by atoms with E-state index < -0.39 is 0 Å². The number of hydrogen-bond acceptors (Lipinski definition) is 3. The van der Waals surface area contributed by atoms with Crippen LogP contribution in [-0.4, -0.2) is 49.9 Å². The second-order valence-electron chi connectivity index (χ2n) is 5.18. The van der Waals surface area contributed by atoms with Gasteiger partial charge in [0.15, 0.2) is 0 Å². The third-order valence-corrected chi connectivity index (χ3v) is 5.06. The summed E-state index contributed by atoms with van der Waals surface area (Å²) in [6.07, 6.45) is 0. The highest BCUT2D eigenvalue weighted by molar-refractivity contribution is 9.10. The highest BCUT2D eigenvalue weighted by atomic mass is 79.9. The van der Waals surface area contributed by atoms with Gasteiger partial charge in [-0.05, 0) is 30.7 Å². The first-order valence-corrected chi connectivity index (χ1v) is 8.57. The lowest BCUT2D eigenvalue weighted by Gasteiger charge is -2.30. The molecule has 4 nitrogen and oxygen atoms in total. The molecule has 0 aromatic heterocycles. The molecule has 1 amide bonds. The predicted octanol–water partition coefficient (Wildman–Crippen LogP) is 0.711. The summed E-state index contributed by atoms with van der Waals surface area (Å²) in [5, 5.41) is 2.03. The Morgan fingerprint density at radius 3 is 2.80 bits per heavy atom. The summed E-state index contributed by atoms with van der Waals surface area (Å²) >= 11 is 5.04. The van der Waals surface area contributed by atoms with Gasteiger partial charge in [-0.2, -0.15) is 0 Å². The number of nitrogens with zero attached hydrogens (tertiary/aromatic N) is 1. The van der Waals surface area contributed by atoms with E-state index in [0.717, 1.165) is 35.5 Å². The van der Waals surface area contributed by atoms with E-state index in [0.29, 0.717) is 5.75 Å². The van der Waals surface area contributed by atoms with Crippen molar-refractivity contribution in [2.45, 2.75) is 11.8 Å². The van der Waals surface area contributed by atoms with Gasteiger partial charge in [-0.1, -0.05) is 15.9 Å². The zero-order chi connectivity index (χ0) is 14.5. The molecule has 110 valence electrons. The Morgan fingerprint density at radius 2 is 2.15 bits per heavy atom. The molecule has 1 heterocycles. The van der Waals surface area contributed by atoms with Gasteiger partial charge in [-0.3, -0.25) is 10.2 Å². The number of quaternary nitrogens is 1. The Bertz CT molecular complexity index is 475. The topological polar surface area (TPSA) is 36.8 Å². The molecular formula is C14H21BrN3OS+. The Balaban J connectivity index is 1.77. The molecule has 2 N–H and O–H groups in total. The minimum Gasteiger partial charge on any atom is -0.335 e. The van der Waals surface area contributed by atoms with E-state index >= 15 is 0 Å². The van der Waals surface area contributed by atoms with Crippen molar-refractivity contribution in [2.75, 3.05) is 39.0 Å². The van der Waals surface area contributed by atoms with E-state index in [1.165, 1.54) is 10.5 Å². The molecule has 0 aliphatic carbocycles. The van der Waals surface area contributed by atoms with Gasteiger partial charge in [-0.25, -0.2) is 5.01 Å². The van der Waals surface area contributed by atoms with E-state index in [1.807, 2.05) is 11.1 Å². The molecule has 1 saturated heterocycles. The van der Waals surface area contributed by atoms with Gasteiger partial charge >= 0.3 is 0 Å². The summed E-state index contributed by atoms with van der Waals surface area (Å²) in [7, 11) is 2.19. The molecule has 0 spiro atoms. The predicted molar refractivity (Wildman–Crippen MR) is 85.9 cm³/mol. The number of likely N-dealkylation sites (N-methyl/N-ethyl adjacent to an activating group) is 1. The molecule has 1 aliphatic heterocycles. The van der Waals surface area contributed by atoms with Crippen LogP contribution in [0.5, 0.6) is 0 Å². The fourth-order valence-electron chi connectivity index (χ4n) is 2.13. The summed E-state index contributed by atoms with van der Waals surface area (Å²) in [6, 6.07) is 6.14. The van der Waals surface area contributed by atoms with Crippen molar-refractivity contribution in [1.82, 2.24) is 10.4 Å². The van der Waals surface area contributed by atoms with E-state index in [-0.39, 0.29) is 5.91 Å². The largest absolute Gasteiger partial charge is 0.335 e. The summed E-state index contributed by atoms with van der Waals surface area (Å²) < 4.78 is 1.07. The molecule has 20 heavy (non-hydrogen) atoms. The fourth-order valence-corrected chi connectivity index (χ4v) is 3.40. The number of carbonyl (C=O) groups excluding carboxylic acids is 1. The van der Waals surface area contributed by atoms with E-state index in [2.05, 4.69) is 47.5 Å². The number of aryl methyl sites for hydroxylation is 1. The highest BCUT2D eigenvalue weighted by Crippen LogP contribution is 2.25. The van der Waals surface area contributed by atoms with Crippen LogP contribution in [0.1, 0.15) is 5.56 Å². The van der Waals surface area contributed by atoms with Crippen LogP contribution in [0, 0.1) is 6.92 Å². The van der Waals surface area contributed by atoms with E-state index in [1.54, 1.807) is 11.8 Å². The number of hydrazine groups is 1. The maximum absolute atomic E-state index is 12.0. The molecule has 0 saturated carbocycles. The van der Waals surface area contributed by atoms with Crippen LogP contribution in [0.3, 0.4) is 0 Å². The summed E-state index contributed by atoms with van der Waals surface area (Å²) in [5.74, 6) is 0.540. The molecule has 6 heteroatoms. The lowest BCUT2D eigenvalue weighted by Crippen LogP contribution is -3.12. The smallest absolute Gasteiger partial charge is 0.244 e. The number of benzene rings is 1. The SMILES string of the molecule is Cc1cc(Br)ccc1SCC(=O)NN1CC[NH+](C)CC1. The van der Waals surface area contributed by atoms with Crippen molar-refractivity contribution in [3.05, 3.63) is 28.2 Å². The molecule has 0 atom stereocenters. The fraction of sp³-hybridized carbons (Fsp3) is 0.500. The zero-order valence-electron chi connectivity index (χ0n) is 11.9. The average Bonchev–Trinajstić information content (AvgIpc) is 2.40. The molecule has 0 unspecified atom stereocenters. The van der Waals surface area contributed by atoms with Crippen molar-refractivity contribution in [3.8, 4) is 0 Å². The van der Waals surface area contributed by atoms with Gasteiger partial charge in [-0.15, -0.1) is 11.8 Å². The Labute approximate surface area is 133 Å². The van der Waals surface area contributed by atoms with E-state index in [9.17, 15) is 4.79 Å². The van der Waals surface area contributed by atoms with Crippen LogP contribution >= 0.6 is 27.7 Å². The van der Waals surface area contributed by atoms with E-state index in [4.69, 9.17) is 0 Å². The number of piperazine rings is 1. The van der Waals surface area contributed by atoms with Gasteiger partial charge in [0.1, 0.15) is 0 Å². The lowest BCUT2D eigenvalue weighted by molar-refractivity contribution is -0.884. The second-order valence-corrected chi connectivity index (χ2v) is 7.11. The third kappa shape index (κ3) is 4.77. The first-order chi connectivity index (χ1) is 9.54. The van der Waals surface area contributed by atoms with Gasteiger partial charge in [0.2, 0.25) is 5.91 Å². The van der Waals surface area contributed by atoms with Crippen LogP contribution < -0.4 is 10.3 Å². The zero-order valence-corrected chi connectivity index (χ0v) is 14.3. The third-order valence-electron chi connectivity index (χ3n) is 3.40. The van der Waals surface area contributed by atoms with Gasteiger partial charge in [0.25, 0.3) is 0 Å². The van der Waals surface area contributed by atoms with Crippen molar-refractivity contribution in [1.29, 1.82) is 0 Å². The van der Waals surface area contributed by atoms with Gasteiger partial charge in [0.05, 0.1) is 39.0 Å². The summed E-state index contributed by atoms with van der Waals surface area (Å²) in [4.78, 5) is 14.6. The van der Waals surface area contributed by atoms with Crippen molar-refractivity contribution < 1.29 is 9.69 Å². The molecule has 1 aromatic carbocycles. The monoisotopic (exact) mass is 358 g/mol.